The highest BCUT2D eigenvalue weighted by molar-refractivity contribution is 7.85. The summed E-state index contributed by atoms with van der Waals surface area (Å²) in [5.41, 5.74) is 1.12. The summed E-state index contributed by atoms with van der Waals surface area (Å²) in [7, 11) is -0.752. The molecule has 0 aromatic heterocycles. The van der Waals surface area contributed by atoms with Crippen molar-refractivity contribution in [3.63, 3.8) is 0 Å². The van der Waals surface area contributed by atoms with Crippen molar-refractivity contribution in [2.24, 2.45) is 0 Å². The summed E-state index contributed by atoms with van der Waals surface area (Å²) in [4.78, 5) is 0. The number of ether oxygens (including phenoxy) is 2. The van der Waals surface area contributed by atoms with Crippen LogP contribution in [0.15, 0.2) is 18.2 Å². The van der Waals surface area contributed by atoms with Crippen molar-refractivity contribution in [1.29, 1.82) is 0 Å². The van der Waals surface area contributed by atoms with Crippen LogP contribution in [-0.4, -0.2) is 35.0 Å². The van der Waals surface area contributed by atoms with Gasteiger partial charge in [0.05, 0.1) is 0 Å². The minimum absolute atomic E-state index is 0.151. The summed E-state index contributed by atoms with van der Waals surface area (Å²) in [6.45, 7) is 4.02. The van der Waals surface area contributed by atoms with Gasteiger partial charge in [-0.25, -0.2) is 0 Å². The SMILES string of the molecule is CC1CNC(c2ccc3c(c2)OCCO3)CS1=O. The molecule has 2 aliphatic heterocycles. The molecule has 0 amide bonds. The van der Waals surface area contributed by atoms with Gasteiger partial charge in [-0.3, -0.25) is 4.21 Å². The van der Waals surface area contributed by atoms with Gasteiger partial charge in [0.1, 0.15) is 13.2 Å². The number of hydrogen-bond acceptors (Lipinski definition) is 4. The fourth-order valence-electron chi connectivity index (χ4n) is 2.28. The molecule has 3 atom stereocenters. The van der Waals surface area contributed by atoms with Crippen LogP contribution in [0, 0.1) is 0 Å². The van der Waals surface area contributed by atoms with Gasteiger partial charge in [-0.15, -0.1) is 0 Å². The van der Waals surface area contributed by atoms with E-state index in [0.29, 0.717) is 19.0 Å². The van der Waals surface area contributed by atoms with E-state index in [0.717, 1.165) is 23.6 Å². The molecule has 3 rings (SSSR count). The van der Waals surface area contributed by atoms with Gasteiger partial charge in [0.25, 0.3) is 0 Å². The largest absolute Gasteiger partial charge is 0.486 e. The molecule has 98 valence electrons. The lowest BCUT2D eigenvalue weighted by Crippen LogP contribution is -2.41. The van der Waals surface area contributed by atoms with E-state index in [9.17, 15) is 4.21 Å². The molecule has 4 nitrogen and oxygen atoms in total. The summed E-state index contributed by atoms with van der Waals surface area (Å²) < 4.78 is 23.0. The molecule has 5 heteroatoms. The molecular formula is C13H17NO3S. The standard InChI is InChI=1S/C13H17NO3S/c1-9-7-14-11(8-18(9)15)10-2-3-12-13(6-10)17-5-4-16-12/h2-3,6,9,11,14H,4-5,7-8H2,1H3. The summed E-state index contributed by atoms with van der Waals surface area (Å²) in [6.07, 6.45) is 0. The van der Waals surface area contributed by atoms with E-state index in [2.05, 4.69) is 5.32 Å². The van der Waals surface area contributed by atoms with Gasteiger partial charge >= 0.3 is 0 Å². The van der Waals surface area contributed by atoms with E-state index in [1.54, 1.807) is 0 Å². The quantitative estimate of drug-likeness (QED) is 0.831. The number of nitrogens with one attached hydrogen (secondary N) is 1. The lowest BCUT2D eigenvalue weighted by atomic mass is 10.1. The van der Waals surface area contributed by atoms with Gasteiger partial charge in [0, 0.05) is 34.4 Å². The van der Waals surface area contributed by atoms with Gasteiger partial charge in [0.15, 0.2) is 11.5 Å². The number of hydrogen-bond donors (Lipinski definition) is 1. The molecule has 1 aromatic rings. The van der Waals surface area contributed by atoms with Crippen LogP contribution in [0.3, 0.4) is 0 Å². The highest BCUT2D eigenvalue weighted by Gasteiger charge is 2.25. The van der Waals surface area contributed by atoms with Crippen molar-refractivity contribution in [2.45, 2.75) is 18.2 Å². The molecule has 1 fully saturated rings. The Morgan fingerprint density at radius 1 is 1.28 bits per heavy atom. The maximum Gasteiger partial charge on any atom is 0.161 e. The highest BCUT2D eigenvalue weighted by Crippen LogP contribution is 2.33. The molecule has 0 bridgehead atoms. The van der Waals surface area contributed by atoms with Crippen molar-refractivity contribution >= 4 is 10.8 Å². The third-order valence-corrected chi connectivity index (χ3v) is 5.13. The van der Waals surface area contributed by atoms with Crippen molar-refractivity contribution in [3.05, 3.63) is 23.8 Å². The topological polar surface area (TPSA) is 47.6 Å². The summed E-state index contributed by atoms with van der Waals surface area (Å²) in [5.74, 6) is 2.26. The first-order valence-electron chi connectivity index (χ1n) is 6.24. The Hall–Kier alpha value is -1.07. The van der Waals surface area contributed by atoms with Gasteiger partial charge in [0.2, 0.25) is 0 Å². The van der Waals surface area contributed by atoms with E-state index in [4.69, 9.17) is 9.47 Å². The molecule has 18 heavy (non-hydrogen) atoms. The Kier molecular flexibility index (Phi) is 3.26. The number of fused-ring (bicyclic) bond motifs is 1. The normalized spacial score (nSPS) is 31.1. The minimum atomic E-state index is -0.752. The molecule has 1 saturated heterocycles. The van der Waals surface area contributed by atoms with E-state index in [1.165, 1.54) is 0 Å². The van der Waals surface area contributed by atoms with Crippen LogP contribution < -0.4 is 14.8 Å². The Morgan fingerprint density at radius 2 is 2.06 bits per heavy atom. The summed E-state index contributed by atoms with van der Waals surface area (Å²) >= 11 is 0. The first kappa shape index (κ1) is 12.0. The first-order valence-corrected chi connectivity index (χ1v) is 7.62. The monoisotopic (exact) mass is 267 g/mol. The smallest absolute Gasteiger partial charge is 0.161 e. The van der Waals surface area contributed by atoms with Crippen LogP contribution in [0.4, 0.5) is 0 Å². The molecule has 2 heterocycles. The molecule has 0 saturated carbocycles. The van der Waals surface area contributed by atoms with Gasteiger partial charge < -0.3 is 14.8 Å². The molecule has 1 N–H and O–H groups in total. The van der Waals surface area contributed by atoms with E-state index in [1.807, 2.05) is 25.1 Å². The number of rotatable bonds is 1. The van der Waals surface area contributed by atoms with Crippen LogP contribution in [0.1, 0.15) is 18.5 Å². The Bertz CT molecular complexity index is 477. The molecule has 0 spiro atoms. The third kappa shape index (κ3) is 2.24. The van der Waals surface area contributed by atoms with Crippen molar-refractivity contribution < 1.29 is 13.7 Å². The molecule has 0 radical (unpaired) electrons. The molecule has 0 aliphatic carbocycles. The Morgan fingerprint density at radius 3 is 2.83 bits per heavy atom. The zero-order valence-corrected chi connectivity index (χ0v) is 11.2. The van der Waals surface area contributed by atoms with Crippen LogP contribution in [0.25, 0.3) is 0 Å². The maximum atomic E-state index is 11.9. The third-order valence-electron chi connectivity index (χ3n) is 3.40. The van der Waals surface area contributed by atoms with E-state index < -0.39 is 10.8 Å². The fourth-order valence-corrected chi connectivity index (χ4v) is 3.53. The predicted octanol–water partition coefficient (Wildman–Crippen LogP) is 1.24. The minimum Gasteiger partial charge on any atom is -0.486 e. The van der Waals surface area contributed by atoms with E-state index >= 15 is 0 Å². The van der Waals surface area contributed by atoms with Crippen LogP contribution in [-0.2, 0) is 10.8 Å². The van der Waals surface area contributed by atoms with Crippen molar-refractivity contribution in [2.75, 3.05) is 25.5 Å². The van der Waals surface area contributed by atoms with Crippen molar-refractivity contribution in [3.8, 4) is 11.5 Å². The summed E-state index contributed by atoms with van der Waals surface area (Å²) in [6, 6.07) is 6.11. The molecule has 2 aliphatic rings. The fraction of sp³-hybridized carbons (Fsp3) is 0.538. The summed E-state index contributed by atoms with van der Waals surface area (Å²) in [5, 5.41) is 3.67. The highest BCUT2D eigenvalue weighted by atomic mass is 32.2. The maximum absolute atomic E-state index is 11.9. The van der Waals surface area contributed by atoms with Crippen molar-refractivity contribution in [1.82, 2.24) is 5.32 Å². The lowest BCUT2D eigenvalue weighted by molar-refractivity contribution is 0.171. The predicted molar refractivity (Wildman–Crippen MR) is 70.6 cm³/mol. The molecule has 3 unspecified atom stereocenters. The second-order valence-corrected chi connectivity index (χ2v) is 6.62. The zero-order valence-electron chi connectivity index (χ0n) is 10.3. The van der Waals surface area contributed by atoms with Crippen LogP contribution in [0.5, 0.6) is 11.5 Å². The number of benzene rings is 1. The van der Waals surface area contributed by atoms with Gasteiger partial charge in [-0.2, -0.15) is 0 Å². The Balaban J connectivity index is 1.82. The second kappa shape index (κ2) is 4.90. The molecule has 1 aromatic carbocycles. The Labute approximate surface area is 109 Å². The second-order valence-electron chi connectivity index (χ2n) is 4.72. The average molecular weight is 267 g/mol. The van der Waals surface area contributed by atoms with Crippen LogP contribution in [0.2, 0.25) is 0 Å². The molecular weight excluding hydrogens is 250 g/mol. The first-order chi connectivity index (χ1) is 8.74. The van der Waals surface area contributed by atoms with Crippen LogP contribution >= 0.6 is 0 Å². The zero-order chi connectivity index (χ0) is 12.5. The van der Waals surface area contributed by atoms with Gasteiger partial charge in [-0.1, -0.05) is 6.07 Å². The van der Waals surface area contributed by atoms with E-state index in [-0.39, 0.29) is 11.3 Å². The average Bonchev–Trinajstić information content (AvgIpc) is 2.41. The van der Waals surface area contributed by atoms with Gasteiger partial charge in [-0.05, 0) is 24.6 Å². The lowest BCUT2D eigenvalue weighted by Gasteiger charge is -2.28.